The van der Waals surface area contributed by atoms with Gasteiger partial charge < -0.3 is 29.9 Å². The molecule has 3 aliphatic heterocycles. The van der Waals surface area contributed by atoms with E-state index in [1.165, 1.54) is 17.4 Å². The van der Waals surface area contributed by atoms with Gasteiger partial charge in [0.2, 0.25) is 23.6 Å². The summed E-state index contributed by atoms with van der Waals surface area (Å²) in [6.45, 7) is 13.9. The number of aryl methyl sites for hydroxylation is 1. The van der Waals surface area contributed by atoms with Crippen LogP contribution in [0.5, 0.6) is 0 Å². The molecule has 13 heteroatoms. The lowest BCUT2D eigenvalue weighted by Gasteiger charge is -2.30. The van der Waals surface area contributed by atoms with Crippen LogP contribution in [0, 0.1) is 16.7 Å². The summed E-state index contributed by atoms with van der Waals surface area (Å²) < 4.78 is 6.01. The molecule has 1 spiro atoms. The molecule has 7 rings (SSSR count). The van der Waals surface area contributed by atoms with Crippen LogP contribution in [0.25, 0.3) is 11.5 Å². The average Bonchev–Trinajstić information content (AvgIpc) is 3.84. The summed E-state index contributed by atoms with van der Waals surface area (Å²) >= 11 is 1.49. The molecule has 3 fully saturated rings. The van der Waals surface area contributed by atoms with Gasteiger partial charge in [0, 0.05) is 67.2 Å². The van der Waals surface area contributed by atoms with Crippen LogP contribution in [0.3, 0.4) is 0 Å². The second-order valence-electron chi connectivity index (χ2n) is 13.8. The summed E-state index contributed by atoms with van der Waals surface area (Å²) in [7, 11) is 2.16. The van der Waals surface area contributed by atoms with Gasteiger partial charge >= 0.3 is 0 Å². The number of fused-ring (bicyclic) bond motifs is 1. The lowest BCUT2D eigenvalue weighted by atomic mass is 9.72. The number of carbonyl (C=O) groups excluding carboxylic acids is 1. The first-order chi connectivity index (χ1) is 22.1. The third kappa shape index (κ3) is 5.21. The minimum atomic E-state index is -0.612. The number of likely N-dealkylation sites (tertiary alicyclic amines) is 1. The van der Waals surface area contributed by atoms with Crippen molar-refractivity contribution in [2.75, 3.05) is 68.4 Å². The highest BCUT2D eigenvalue weighted by Gasteiger charge is 2.46. The highest BCUT2D eigenvalue weighted by molar-refractivity contribution is 7.16. The zero-order valence-corrected chi connectivity index (χ0v) is 27.8. The van der Waals surface area contributed by atoms with Crippen LogP contribution in [-0.2, 0) is 16.6 Å². The van der Waals surface area contributed by atoms with Crippen LogP contribution in [-0.4, -0.2) is 94.7 Å². The molecule has 3 aromatic heterocycles. The highest BCUT2D eigenvalue weighted by atomic mass is 32.1. The predicted octanol–water partition coefficient (Wildman–Crippen LogP) is 3.83. The Labute approximate surface area is 273 Å². The number of aromatic nitrogens is 4. The maximum absolute atomic E-state index is 12.4. The monoisotopic (exact) mass is 642 g/mol. The lowest BCUT2D eigenvalue weighted by Crippen LogP contribution is -2.39. The van der Waals surface area contributed by atoms with Crippen molar-refractivity contribution in [3.05, 3.63) is 40.6 Å². The van der Waals surface area contributed by atoms with E-state index in [2.05, 4.69) is 53.4 Å². The Kier molecular flexibility index (Phi) is 7.76. The van der Waals surface area contributed by atoms with Crippen molar-refractivity contribution in [3.8, 4) is 17.6 Å². The molecule has 46 heavy (non-hydrogen) atoms. The maximum Gasteiger partial charge on any atom is 0.245 e. The molecule has 1 amide bonds. The summed E-state index contributed by atoms with van der Waals surface area (Å²) in [5.74, 6) is 2.39. The van der Waals surface area contributed by atoms with Crippen molar-refractivity contribution < 1.29 is 9.32 Å². The number of amides is 1. The van der Waals surface area contributed by atoms with Crippen molar-refractivity contribution in [3.63, 3.8) is 0 Å². The average molecular weight is 643 g/mol. The molecule has 12 nitrogen and oxygen atoms in total. The summed E-state index contributed by atoms with van der Waals surface area (Å²) in [5.41, 5.74) is 7.76. The molecule has 0 radical (unpaired) electrons. The van der Waals surface area contributed by atoms with Gasteiger partial charge in [0.05, 0.1) is 11.0 Å². The number of carbonyl (C=O) groups is 1. The summed E-state index contributed by atoms with van der Waals surface area (Å²) in [4.78, 5) is 37.6. The molecule has 0 aromatic carbocycles. The standard InChI is InChI=1S/C33H42N10O2S/c1-5-26(44)42-15-11-33(20-42)10-14-41(19-33)25-16-23(36-31(37-25)43-13-7-12-40(4)18-21(43)2)29-38-30(45-39-29)32(3)9-6-8-24-27(32)22(17-34)28(35)46-24/h5,16,21H,1,6-15,18-20,35H2,2-4H3/t21-,32-,33?/m0/s1. The fourth-order valence-electron chi connectivity index (χ4n) is 8.07. The number of hydrogen-bond acceptors (Lipinski definition) is 12. The van der Waals surface area contributed by atoms with Gasteiger partial charge in [-0.3, -0.25) is 4.79 Å². The number of anilines is 3. The molecule has 0 saturated carbocycles. The van der Waals surface area contributed by atoms with E-state index in [1.807, 2.05) is 11.0 Å². The fourth-order valence-corrected chi connectivity index (χ4v) is 9.26. The topological polar surface area (TPSA) is 145 Å². The smallest absolute Gasteiger partial charge is 0.245 e. The molecule has 3 saturated heterocycles. The number of nitrogen functional groups attached to an aromatic ring is 1. The van der Waals surface area contributed by atoms with E-state index in [4.69, 9.17) is 25.2 Å². The molecule has 1 unspecified atom stereocenters. The van der Waals surface area contributed by atoms with Crippen molar-refractivity contribution in [2.24, 2.45) is 5.41 Å². The van der Waals surface area contributed by atoms with Crippen LogP contribution >= 0.6 is 11.3 Å². The van der Waals surface area contributed by atoms with Crippen LogP contribution in [0.2, 0.25) is 0 Å². The Bertz CT molecular complexity index is 1710. The Morgan fingerprint density at radius 2 is 2.00 bits per heavy atom. The number of nitriles is 1. The molecule has 2 N–H and O–H groups in total. The van der Waals surface area contributed by atoms with E-state index >= 15 is 0 Å². The third-order valence-corrected chi connectivity index (χ3v) is 11.6. The Morgan fingerprint density at radius 1 is 1.17 bits per heavy atom. The first-order valence-electron chi connectivity index (χ1n) is 16.3. The maximum atomic E-state index is 12.4. The summed E-state index contributed by atoms with van der Waals surface area (Å²) in [6, 6.07) is 4.53. The molecule has 1 aliphatic carbocycles. The van der Waals surface area contributed by atoms with E-state index in [1.54, 1.807) is 0 Å². The van der Waals surface area contributed by atoms with Crippen LogP contribution in [0.4, 0.5) is 16.8 Å². The van der Waals surface area contributed by atoms with E-state index < -0.39 is 5.41 Å². The fraction of sp³-hybridized carbons (Fsp3) is 0.576. The summed E-state index contributed by atoms with van der Waals surface area (Å²) in [6.07, 6.45) is 7.01. The van der Waals surface area contributed by atoms with Gasteiger partial charge in [0.15, 0.2) is 0 Å². The predicted molar refractivity (Wildman–Crippen MR) is 178 cm³/mol. The number of nitrogens with two attached hydrogens (primary N) is 1. The molecule has 6 heterocycles. The Balaban J connectivity index is 1.25. The van der Waals surface area contributed by atoms with E-state index in [-0.39, 0.29) is 17.4 Å². The number of nitrogens with zero attached hydrogens (tertiary/aromatic N) is 9. The SMILES string of the molecule is C=CC(=O)N1CCC2(CCN(c3cc(-c4noc([C@@]5(C)CCCc6sc(N)c(C#N)c65)n4)nc(N4CCCN(C)C[C@@H]4C)n3)C2)C1. The zero-order valence-electron chi connectivity index (χ0n) is 27.0. The number of likely N-dealkylation sites (N-methyl/N-ethyl adjacent to an activating group) is 1. The molecular weight excluding hydrogens is 600 g/mol. The van der Waals surface area contributed by atoms with E-state index in [0.717, 1.165) is 101 Å². The first-order valence-corrected chi connectivity index (χ1v) is 17.1. The molecule has 0 bridgehead atoms. The quantitative estimate of drug-likeness (QED) is 0.406. The lowest BCUT2D eigenvalue weighted by molar-refractivity contribution is -0.125. The van der Waals surface area contributed by atoms with Gasteiger partial charge in [-0.25, -0.2) is 4.98 Å². The Hall–Kier alpha value is -4.02. The molecule has 3 atom stereocenters. The number of rotatable bonds is 5. The molecule has 242 valence electrons. The summed E-state index contributed by atoms with van der Waals surface area (Å²) in [5, 5.41) is 15.0. The second kappa shape index (κ2) is 11.7. The second-order valence-corrected chi connectivity index (χ2v) is 15.0. The minimum Gasteiger partial charge on any atom is -0.389 e. The number of thiophene rings is 1. The van der Waals surface area contributed by atoms with Gasteiger partial charge in [-0.1, -0.05) is 11.7 Å². The zero-order chi connectivity index (χ0) is 32.2. The molecule has 4 aliphatic rings. The normalized spacial score (nSPS) is 26.7. The van der Waals surface area contributed by atoms with Gasteiger partial charge in [-0.15, -0.1) is 11.3 Å². The Morgan fingerprint density at radius 3 is 2.80 bits per heavy atom. The van der Waals surface area contributed by atoms with Gasteiger partial charge in [-0.2, -0.15) is 15.2 Å². The van der Waals surface area contributed by atoms with Gasteiger partial charge in [0.1, 0.15) is 22.6 Å². The van der Waals surface area contributed by atoms with Crippen molar-refractivity contribution in [1.29, 1.82) is 5.26 Å². The molecule has 3 aromatic rings. The van der Waals surface area contributed by atoms with E-state index in [0.29, 0.717) is 33.9 Å². The van der Waals surface area contributed by atoms with Gasteiger partial charge in [0.25, 0.3) is 0 Å². The van der Waals surface area contributed by atoms with Crippen LogP contribution < -0.4 is 15.5 Å². The molecular formula is C33H42N10O2S. The van der Waals surface area contributed by atoms with Crippen LogP contribution in [0.1, 0.15) is 67.8 Å². The van der Waals surface area contributed by atoms with Crippen molar-refractivity contribution >= 4 is 34.0 Å². The highest BCUT2D eigenvalue weighted by Crippen LogP contribution is 2.49. The van der Waals surface area contributed by atoms with Crippen molar-refractivity contribution in [2.45, 2.75) is 63.8 Å². The van der Waals surface area contributed by atoms with E-state index in [9.17, 15) is 10.1 Å². The van der Waals surface area contributed by atoms with Crippen LogP contribution in [0.15, 0.2) is 23.2 Å². The van der Waals surface area contributed by atoms with Crippen molar-refractivity contribution in [1.82, 2.24) is 29.9 Å². The number of hydrogen-bond donors (Lipinski definition) is 1. The first kappa shape index (κ1) is 30.6. The third-order valence-electron chi connectivity index (χ3n) is 10.6. The largest absolute Gasteiger partial charge is 0.389 e. The van der Waals surface area contributed by atoms with Gasteiger partial charge in [-0.05, 0) is 72.0 Å². The minimum absolute atomic E-state index is 0.000717.